The van der Waals surface area contributed by atoms with Crippen molar-refractivity contribution in [3.63, 3.8) is 0 Å². The van der Waals surface area contributed by atoms with Gasteiger partial charge in [-0.25, -0.2) is 9.78 Å². The van der Waals surface area contributed by atoms with Gasteiger partial charge >= 0.3 is 5.97 Å². The van der Waals surface area contributed by atoms with E-state index in [2.05, 4.69) is 9.72 Å². The highest BCUT2D eigenvalue weighted by Crippen LogP contribution is 2.08. The van der Waals surface area contributed by atoms with Gasteiger partial charge in [0.1, 0.15) is 6.26 Å². The normalized spacial score (nSPS) is 10.3. The molecule has 8 heteroatoms. The van der Waals surface area contributed by atoms with E-state index in [0.717, 1.165) is 0 Å². The SMILES string of the molecule is COCCN(Cc1nc(C(=O)OC)co1)C(=O)CCCl. The number of nitrogens with zero attached hydrogens (tertiary/aromatic N) is 2. The van der Waals surface area contributed by atoms with Crippen molar-refractivity contribution < 1.29 is 23.5 Å². The molecule has 0 bridgehead atoms. The quantitative estimate of drug-likeness (QED) is 0.528. The predicted molar refractivity (Wildman–Crippen MR) is 70.5 cm³/mol. The molecule has 0 aromatic carbocycles. The van der Waals surface area contributed by atoms with Crippen molar-refractivity contribution in [3.05, 3.63) is 17.8 Å². The van der Waals surface area contributed by atoms with E-state index in [4.69, 9.17) is 20.8 Å². The van der Waals surface area contributed by atoms with Gasteiger partial charge in [-0.15, -0.1) is 11.6 Å². The summed E-state index contributed by atoms with van der Waals surface area (Å²) in [7, 11) is 2.80. The molecule has 1 aromatic heterocycles. The Labute approximate surface area is 121 Å². The number of amides is 1. The van der Waals surface area contributed by atoms with E-state index in [1.165, 1.54) is 18.3 Å². The van der Waals surface area contributed by atoms with E-state index in [1.807, 2.05) is 0 Å². The molecule has 0 aliphatic heterocycles. The lowest BCUT2D eigenvalue weighted by molar-refractivity contribution is -0.132. The van der Waals surface area contributed by atoms with Crippen LogP contribution in [-0.2, 0) is 20.8 Å². The zero-order valence-electron chi connectivity index (χ0n) is 11.4. The van der Waals surface area contributed by atoms with Crippen LogP contribution in [0, 0.1) is 0 Å². The first-order valence-electron chi connectivity index (χ1n) is 5.97. The summed E-state index contributed by atoms with van der Waals surface area (Å²) in [5, 5.41) is 0. The van der Waals surface area contributed by atoms with Crippen LogP contribution in [0.15, 0.2) is 10.7 Å². The van der Waals surface area contributed by atoms with E-state index in [-0.39, 0.29) is 36.3 Å². The largest absolute Gasteiger partial charge is 0.464 e. The lowest BCUT2D eigenvalue weighted by Gasteiger charge is -2.20. The molecule has 0 radical (unpaired) electrons. The molecule has 0 unspecified atom stereocenters. The summed E-state index contributed by atoms with van der Waals surface area (Å²) in [6, 6.07) is 0. The minimum atomic E-state index is -0.587. The average molecular weight is 305 g/mol. The summed E-state index contributed by atoms with van der Waals surface area (Å²) >= 11 is 5.56. The first-order valence-corrected chi connectivity index (χ1v) is 6.51. The van der Waals surface area contributed by atoms with Crippen LogP contribution in [0.25, 0.3) is 0 Å². The number of rotatable bonds is 8. The molecule has 1 heterocycles. The number of hydrogen-bond donors (Lipinski definition) is 0. The molecule has 20 heavy (non-hydrogen) atoms. The van der Waals surface area contributed by atoms with Crippen LogP contribution in [-0.4, -0.2) is 55.0 Å². The zero-order chi connectivity index (χ0) is 15.0. The first-order chi connectivity index (χ1) is 9.62. The monoisotopic (exact) mass is 304 g/mol. The minimum Gasteiger partial charge on any atom is -0.464 e. The number of carbonyl (C=O) groups excluding carboxylic acids is 2. The molecule has 112 valence electrons. The summed E-state index contributed by atoms with van der Waals surface area (Å²) < 4.78 is 14.6. The Morgan fingerprint density at radius 3 is 2.80 bits per heavy atom. The van der Waals surface area contributed by atoms with Gasteiger partial charge in [0.2, 0.25) is 11.8 Å². The zero-order valence-corrected chi connectivity index (χ0v) is 12.2. The van der Waals surface area contributed by atoms with Crippen LogP contribution in [0.4, 0.5) is 0 Å². The van der Waals surface area contributed by atoms with Crippen molar-refractivity contribution in [2.24, 2.45) is 0 Å². The fourth-order valence-corrected chi connectivity index (χ4v) is 1.64. The Hall–Kier alpha value is -1.60. The Balaban J connectivity index is 2.70. The number of aromatic nitrogens is 1. The smallest absolute Gasteiger partial charge is 0.360 e. The standard InChI is InChI=1S/C12H17ClN2O5/c1-18-6-5-15(11(16)3-4-13)7-10-14-9(8-20-10)12(17)19-2/h8H,3-7H2,1-2H3. The third kappa shape index (κ3) is 4.82. The van der Waals surface area contributed by atoms with Gasteiger partial charge in [0.15, 0.2) is 5.69 Å². The van der Waals surface area contributed by atoms with Gasteiger partial charge in [0.25, 0.3) is 0 Å². The number of alkyl halides is 1. The Morgan fingerprint density at radius 2 is 2.20 bits per heavy atom. The van der Waals surface area contributed by atoms with Crippen LogP contribution in [0.5, 0.6) is 0 Å². The molecule has 0 fully saturated rings. The Kier molecular flexibility index (Phi) is 7.03. The van der Waals surface area contributed by atoms with E-state index in [1.54, 1.807) is 7.11 Å². The summed E-state index contributed by atoms with van der Waals surface area (Å²) in [6.07, 6.45) is 1.41. The second kappa shape index (κ2) is 8.55. The Morgan fingerprint density at radius 1 is 1.45 bits per heavy atom. The molecule has 1 aromatic rings. The maximum atomic E-state index is 11.9. The van der Waals surface area contributed by atoms with Gasteiger partial charge in [0.05, 0.1) is 20.3 Å². The third-order valence-electron chi connectivity index (χ3n) is 2.50. The van der Waals surface area contributed by atoms with Crippen LogP contribution in [0.2, 0.25) is 0 Å². The lowest BCUT2D eigenvalue weighted by Crippen LogP contribution is -2.33. The summed E-state index contributed by atoms with van der Waals surface area (Å²) in [5.41, 5.74) is 0.0685. The van der Waals surface area contributed by atoms with E-state index >= 15 is 0 Å². The molecule has 1 amide bonds. The highest BCUT2D eigenvalue weighted by Gasteiger charge is 2.18. The van der Waals surface area contributed by atoms with Gasteiger partial charge in [-0.05, 0) is 0 Å². The molecule has 0 spiro atoms. The summed E-state index contributed by atoms with van der Waals surface area (Å²) in [4.78, 5) is 28.6. The maximum Gasteiger partial charge on any atom is 0.360 e. The number of halogens is 1. The van der Waals surface area contributed by atoms with Crippen molar-refractivity contribution in [2.45, 2.75) is 13.0 Å². The number of ether oxygens (including phenoxy) is 2. The van der Waals surface area contributed by atoms with Crippen LogP contribution >= 0.6 is 11.6 Å². The fraction of sp³-hybridized carbons (Fsp3) is 0.583. The molecular weight excluding hydrogens is 288 g/mol. The topological polar surface area (TPSA) is 81.9 Å². The molecule has 0 aliphatic rings. The molecule has 0 N–H and O–H groups in total. The lowest BCUT2D eigenvalue weighted by atomic mass is 10.3. The van der Waals surface area contributed by atoms with Gasteiger partial charge < -0.3 is 18.8 Å². The molecule has 0 atom stereocenters. The second-order valence-corrected chi connectivity index (χ2v) is 4.24. The number of carbonyl (C=O) groups is 2. The number of methoxy groups -OCH3 is 2. The van der Waals surface area contributed by atoms with Gasteiger partial charge in [-0.3, -0.25) is 4.79 Å². The van der Waals surface area contributed by atoms with Crippen molar-refractivity contribution in [3.8, 4) is 0 Å². The highest BCUT2D eigenvalue weighted by molar-refractivity contribution is 6.18. The van der Waals surface area contributed by atoms with Gasteiger partial charge in [-0.2, -0.15) is 0 Å². The number of oxazole rings is 1. The molecule has 7 nitrogen and oxygen atoms in total. The predicted octanol–water partition coefficient (Wildman–Crippen LogP) is 1.07. The van der Waals surface area contributed by atoms with Gasteiger partial charge in [0, 0.05) is 26.0 Å². The van der Waals surface area contributed by atoms with Crippen molar-refractivity contribution in [2.75, 3.05) is 33.3 Å². The summed E-state index contributed by atoms with van der Waals surface area (Å²) in [5.74, 6) is -0.226. The molecule has 0 saturated carbocycles. The molecule has 0 saturated heterocycles. The summed E-state index contributed by atoms with van der Waals surface area (Å²) in [6.45, 7) is 0.927. The van der Waals surface area contributed by atoms with Crippen molar-refractivity contribution in [1.29, 1.82) is 0 Å². The third-order valence-corrected chi connectivity index (χ3v) is 2.69. The van der Waals surface area contributed by atoms with Crippen LogP contribution in [0.3, 0.4) is 0 Å². The van der Waals surface area contributed by atoms with Gasteiger partial charge in [-0.1, -0.05) is 0 Å². The van der Waals surface area contributed by atoms with Crippen LogP contribution in [0.1, 0.15) is 22.8 Å². The Bertz CT molecular complexity index is 449. The van der Waals surface area contributed by atoms with E-state index in [0.29, 0.717) is 13.2 Å². The van der Waals surface area contributed by atoms with Crippen molar-refractivity contribution >= 4 is 23.5 Å². The van der Waals surface area contributed by atoms with Crippen molar-refractivity contribution in [1.82, 2.24) is 9.88 Å². The first kappa shape index (κ1) is 16.5. The minimum absolute atomic E-state index is 0.0685. The highest BCUT2D eigenvalue weighted by atomic mass is 35.5. The second-order valence-electron chi connectivity index (χ2n) is 3.87. The van der Waals surface area contributed by atoms with E-state index < -0.39 is 5.97 Å². The average Bonchev–Trinajstić information content (AvgIpc) is 2.91. The van der Waals surface area contributed by atoms with Crippen LogP contribution < -0.4 is 0 Å². The number of esters is 1. The molecular formula is C12H17ClN2O5. The maximum absolute atomic E-state index is 11.9. The molecule has 1 rings (SSSR count). The fourth-order valence-electron chi connectivity index (χ4n) is 1.48. The molecule has 0 aliphatic carbocycles. The number of hydrogen-bond acceptors (Lipinski definition) is 6. The van der Waals surface area contributed by atoms with E-state index in [9.17, 15) is 9.59 Å².